The zero-order valence-corrected chi connectivity index (χ0v) is 21.0. The van der Waals surface area contributed by atoms with E-state index in [1.165, 1.54) is 24.3 Å². The molecule has 4 aromatic rings. The van der Waals surface area contributed by atoms with Crippen LogP contribution in [0.5, 0.6) is 0 Å². The van der Waals surface area contributed by atoms with Crippen molar-refractivity contribution >= 4 is 48.3 Å². The number of aliphatic carboxylic acids is 1. The Morgan fingerprint density at radius 1 is 0.833 bits per heavy atom. The Labute approximate surface area is 209 Å². The topological polar surface area (TPSA) is 134 Å². The fourth-order valence-corrected chi connectivity index (χ4v) is 6.07. The fourth-order valence-electron chi connectivity index (χ4n) is 3.62. The summed E-state index contributed by atoms with van der Waals surface area (Å²) in [6.45, 7) is 2.79. The monoisotopic (exact) mass is 525 g/mol. The number of benzene rings is 3. The minimum absolute atomic E-state index is 0.00635. The molecule has 0 unspecified atom stereocenters. The number of aryl methyl sites for hydroxylation is 2. The standard InChI is InChI=1S/C25H23N3O6S2/c1-17-7-11-19(12-8-17)35(31,32)27-25-22-6-4-3-5-21(22)23(15-26-25)28(16-24(29)30)36(33,34)20-13-9-18(2)10-14-20/h3-15H,16H2,1-2H3,(H,26,27)(H,29,30). The molecule has 0 aliphatic heterocycles. The van der Waals surface area contributed by atoms with Gasteiger partial charge in [-0.2, -0.15) is 0 Å². The summed E-state index contributed by atoms with van der Waals surface area (Å²) in [5.41, 5.74) is 1.75. The van der Waals surface area contributed by atoms with Gasteiger partial charge in [0.05, 0.1) is 21.7 Å². The van der Waals surface area contributed by atoms with Crippen LogP contribution in [-0.2, 0) is 24.8 Å². The van der Waals surface area contributed by atoms with Crippen molar-refractivity contribution < 1.29 is 26.7 Å². The molecule has 9 nitrogen and oxygen atoms in total. The van der Waals surface area contributed by atoms with E-state index in [9.17, 15) is 26.7 Å². The second-order valence-corrected chi connectivity index (χ2v) is 11.7. The first kappa shape index (κ1) is 25.1. The summed E-state index contributed by atoms with van der Waals surface area (Å²) in [6, 6.07) is 18.8. The van der Waals surface area contributed by atoms with Crippen molar-refractivity contribution in [3.8, 4) is 0 Å². The lowest BCUT2D eigenvalue weighted by atomic mass is 10.1. The van der Waals surface area contributed by atoms with E-state index in [2.05, 4.69) is 9.71 Å². The van der Waals surface area contributed by atoms with Crippen LogP contribution in [0.15, 0.2) is 88.8 Å². The number of carboxylic acids is 1. The predicted molar refractivity (Wildman–Crippen MR) is 137 cm³/mol. The van der Waals surface area contributed by atoms with E-state index in [4.69, 9.17) is 0 Å². The summed E-state index contributed by atoms with van der Waals surface area (Å²) in [5, 5.41) is 10.1. The van der Waals surface area contributed by atoms with Gasteiger partial charge in [0.15, 0.2) is 0 Å². The van der Waals surface area contributed by atoms with Crippen molar-refractivity contribution in [1.82, 2.24) is 4.98 Å². The van der Waals surface area contributed by atoms with Crippen molar-refractivity contribution in [2.45, 2.75) is 23.6 Å². The summed E-state index contributed by atoms with van der Waals surface area (Å²) in [4.78, 5) is 15.8. The van der Waals surface area contributed by atoms with Crippen LogP contribution < -0.4 is 9.03 Å². The fraction of sp³-hybridized carbons (Fsp3) is 0.120. The van der Waals surface area contributed by atoms with Crippen molar-refractivity contribution in [1.29, 1.82) is 0 Å². The molecule has 11 heteroatoms. The van der Waals surface area contributed by atoms with Crippen LogP contribution in [0.25, 0.3) is 10.8 Å². The Morgan fingerprint density at radius 3 is 1.92 bits per heavy atom. The number of sulfonamides is 2. The molecular formula is C25H23N3O6S2. The molecule has 4 rings (SSSR count). The smallest absolute Gasteiger partial charge is 0.324 e. The Balaban J connectivity index is 1.84. The van der Waals surface area contributed by atoms with E-state index in [-0.39, 0.29) is 21.3 Å². The van der Waals surface area contributed by atoms with Crippen LogP contribution in [0.2, 0.25) is 0 Å². The van der Waals surface area contributed by atoms with E-state index in [0.717, 1.165) is 21.6 Å². The zero-order chi connectivity index (χ0) is 26.1. The van der Waals surface area contributed by atoms with Gasteiger partial charge < -0.3 is 5.11 Å². The number of hydrogen-bond donors (Lipinski definition) is 2. The molecule has 0 saturated heterocycles. The SMILES string of the molecule is Cc1ccc(S(=O)(=O)Nc2ncc(N(CC(=O)O)S(=O)(=O)c3ccc(C)cc3)c3ccccc23)cc1. The minimum atomic E-state index is -4.28. The lowest BCUT2D eigenvalue weighted by molar-refractivity contribution is -0.135. The first-order valence-electron chi connectivity index (χ1n) is 10.8. The molecule has 1 heterocycles. The summed E-state index contributed by atoms with van der Waals surface area (Å²) in [7, 11) is -8.27. The van der Waals surface area contributed by atoms with Crippen LogP contribution in [0.1, 0.15) is 11.1 Å². The molecule has 0 amide bonds. The van der Waals surface area contributed by atoms with Crippen LogP contribution in [0.4, 0.5) is 11.5 Å². The third-order valence-electron chi connectivity index (χ3n) is 5.49. The molecule has 0 fully saturated rings. The molecule has 186 valence electrons. The highest BCUT2D eigenvalue weighted by atomic mass is 32.2. The van der Waals surface area contributed by atoms with E-state index in [0.29, 0.717) is 10.8 Å². The van der Waals surface area contributed by atoms with Gasteiger partial charge >= 0.3 is 5.97 Å². The third-order valence-corrected chi connectivity index (χ3v) is 8.62. The van der Waals surface area contributed by atoms with Crippen LogP contribution in [0.3, 0.4) is 0 Å². The molecule has 2 N–H and O–H groups in total. The Bertz CT molecular complexity index is 1650. The first-order valence-corrected chi connectivity index (χ1v) is 13.7. The second-order valence-electron chi connectivity index (χ2n) is 8.17. The lowest BCUT2D eigenvalue weighted by Gasteiger charge is -2.24. The maximum absolute atomic E-state index is 13.5. The number of aromatic nitrogens is 1. The summed E-state index contributed by atoms with van der Waals surface area (Å²) >= 11 is 0. The van der Waals surface area contributed by atoms with Crippen molar-refractivity contribution in [2.24, 2.45) is 0 Å². The largest absolute Gasteiger partial charge is 0.480 e. The molecule has 0 spiro atoms. The van der Waals surface area contributed by atoms with Gasteiger partial charge in [-0.05, 0) is 38.1 Å². The third kappa shape index (κ3) is 5.02. The number of carboxylic acid groups (broad SMARTS) is 1. The number of hydrogen-bond acceptors (Lipinski definition) is 6. The molecule has 0 saturated carbocycles. The molecule has 36 heavy (non-hydrogen) atoms. The maximum Gasteiger partial charge on any atom is 0.324 e. The summed E-state index contributed by atoms with van der Waals surface area (Å²) in [6.07, 6.45) is 1.16. The van der Waals surface area contributed by atoms with Crippen LogP contribution >= 0.6 is 0 Å². The first-order chi connectivity index (χ1) is 17.0. The number of carbonyl (C=O) groups is 1. The summed E-state index contributed by atoms with van der Waals surface area (Å²) in [5.74, 6) is -1.38. The van der Waals surface area contributed by atoms with Crippen molar-refractivity contribution in [3.63, 3.8) is 0 Å². The maximum atomic E-state index is 13.5. The number of nitrogens with zero attached hydrogens (tertiary/aromatic N) is 2. The Morgan fingerprint density at radius 2 is 1.36 bits per heavy atom. The minimum Gasteiger partial charge on any atom is -0.480 e. The van der Waals surface area contributed by atoms with Gasteiger partial charge in [-0.25, -0.2) is 21.8 Å². The van der Waals surface area contributed by atoms with Gasteiger partial charge in [-0.15, -0.1) is 0 Å². The van der Waals surface area contributed by atoms with Gasteiger partial charge in [-0.1, -0.05) is 59.7 Å². The van der Waals surface area contributed by atoms with Gasteiger partial charge in [-0.3, -0.25) is 13.8 Å². The van der Waals surface area contributed by atoms with Gasteiger partial charge in [0, 0.05) is 10.8 Å². The van der Waals surface area contributed by atoms with E-state index in [1.807, 2.05) is 6.92 Å². The van der Waals surface area contributed by atoms with E-state index < -0.39 is 32.6 Å². The molecule has 0 radical (unpaired) electrons. The molecule has 1 aromatic heterocycles. The highest BCUT2D eigenvalue weighted by Gasteiger charge is 2.29. The number of anilines is 2. The lowest BCUT2D eigenvalue weighted by Crippen LogP contribution is -2.36. The van der Waals surface area contributed by atoms with Crippen LogP contribution in [0, 0.1) is 13.8 Å². The van der Waals surface area contributed by atoms with E-state index >= 15 is 0 Å². The zero-order valence-electron chi connectivity index (χ0n) is 19.4. The van der Waals surface area contributed by atoms with Crippen molar-refractivity contribution in [2.75, 3.05) is 15.6 Å². The predicted octanol–water partition coefficient (Wildman–Crippen LogP) is 3.93. The average Bonchev–Trinajstić information content (AvgIpc) is 2.83. The highest BCUT2D eigenvalue weighted by molar-refractivity contribution is 7.93. The molecule has 0 aliphatic carbocycles. The highest BCUT2D eigenvalue weighted by Crippen LogP contribution is 2.34. The average molecular weight is 526 g/mol. The second kappa shape index (κ2) is 9.59. The van der Waals surface area contributed by atoms with Crippen molar-refractivity contribution in [3.05, 3.63) is 90.1 Å². The molecular weight excluding hydrogens is 502 g/mol. The number of fused-ring (bicyclic) bond motifs is 1. The number of rotatable bonds is 8. The van der Waals surface area contributed by atoms with E-state index in [1.54, 1.807) is 55.5 Å². The van der Waals surface area contributed by atoms with Gasteiger partial charge in [0.2, 0.25) is 0 Å². The van der Waals surface area contributed by atoms with Gasteiger partial charge in [0.25, 0.3) is 20.0 Å². The van der Waals surface area contributed by atoms with Crippen LogP contribution in [-0.4, -0.2) is 39.4 Å². The Hall–Kier alpha value is -3.96. The molecule has 0 bridgehead atoms. The van der Waals surface area contributed by atoms with Gasteiger partial charge in [0.1, 0.15) is 12.4 Å². The Kier molecular flexibility index (Phi) is 6.70. The number of pyridine rings is 1. The molecule has 0 atom stereocenters. The quantitative estimate of drug-likeness (QED) is 0.356. The number of nitrogens with one attached hydrogen (secondary N) is 1. The normalized spacial score (nSPS) is 11.8. The molecule has 0 aliphatic rings. The summed E-state index contributed by atoms with van der Waals surface area (Å²) < 4.78 is 56.1. The molecule has 3 aromatic carbocycles.